The lowest BCUT2D eigenvalue weighted by Crippen LogP contribution is -2.08. The van der Waals surface area contributed by atoms with Crippen LogP contribution in [0.5, 0.6) is 0 Å². The average Bonchev–Trinajstić information content (AvgIpc) is 4.08. The minimum absolute atomic E-state index is 0.539. The van der Waals surface area contributed by atoms with E-state index >= 15 is 0 Å². The van der Waals surface area contributed by atoms with Crippen molar-refractivity contribution in [1.82, 2.24) is 28.7 Å². The number of hydrogen-bond donors (Lipinski definition) is 0. The summed E-state index contributed by atoms with van der Waals surface area (Å²) >= 11 is 0. The third kappa shape index (κ3) is 6.16. The summed E-state index contributed by atoms with van der Waals surface area (Å²) in [7, 11) is 0. The number of nitrogens with zero attached hydrogens (tertiary/aromatic N) is 6. The van der Waals surface area contributed by atoms with Gasteiger partial charge in [-0.1, -0.05) is 188 Å². The Morgan fingerprint density at radius 3 is 1.23 bits per heavy atom. The number of rotatable bonds is 7. The van der Waals surface area contributed by atoms with Crippen LogP contribution in [0.4, 0.5) is 0 Å². The van der Waals surface area contributed by atoms with Crippen LogP contribution in [0.25, 0.3) is 128 Å². The van der Waals surface area contributed by atoms with Gasteiger partial charge in [0.05, 0.1) is 33.1 Å². The summed E-state index contributed by atoms with van der Waals surface area (Å²) in [5, 5.41) is 6.83. The first-order valence-electron chi connectivity index (χ1n) is 23.4. The molecule has 69 heavy (non-hydrogen) atoms. The van der Waals surface area contributed by atoms with E-state index in [0.717, 1.165) is 99.4 Å². The summed E-state index contributed by atoms with van der Waals surface area (Å²) in [6, 6.07) is 86.3. The van der Waals surface area contributed by atoms with Crippen LogP contribution < -0.4 is 0 Å². The Labute approximate surface area is 397 Å². The number of fused-ring (bicyclic) bond motifs is 10. The van der Waals surface area contributed by atoms with Crippen molar-refractivity contribution >= 4 is 65.4 Å². The second-order valence-corrected chi connectivity index (χ2v) is 17.6. The molecule has 0 saturated heterocycles. The van der Waals surface area contributed by atoms with Crippen molar-refractivity contribution in [3.8, 4) is 62.4 Å². The molecule has 0 aliphatic rings. The van der Waals surface area contributed by atoms with Crippen molar-refractivity contribution in [2.75, 3.05) is 0 Å². The molecule has 14 aromatic rings. The van der Waals surface area contributed by atoms with Crippen molar-refractivity contribution < 1.29 is 0 Å². The lowest BCUT2D eigenvalue weighted by molar-refractivity contribution is 0.953. The van der Waals surface area contributed by atoms with E-state index in [1.165, 1.54) is 10.8 Å². The highest BCUT2D eigenvalue weighted by Crippen LogP contribution is 2.44. The third-order valence-corrected chi connectivity index (χ3v) is 13.7. The first kappa shape index (κ1) is 38.8. The SMILES string of the molecule is c1ccc(-c2cc(-c3ccccc3)cc(-n3c4ccccc4c4ccc5c6ccccc6n(-c6nc(-c7ccccc7)nc(-c7cccc8c9ccccc9n(-c9ccccc9)c78)n6)c5c43)c2)cc1. The second kappa shape index (κ2) is 15.6. The molecule has 4 heterocycles. The highest BCUT2D eigenvalue weighted by molar-refractivity contribution is 6.24. The van der Waals surface area contributed by atoms with Crippen LogP contribution in [0, 0.1) is 0 Å². The second-order valence-electron chi connectivity index (χ2n) is 17.6. The molecule has 4 aromatic heterocycles. The molecule has 322 valence electrons. The maximum Gasteiger partial charge on any atom is 0.238 e. The smallest absolute Gasteiger partial charge is 0.238 e. The van der Waals surface area contributed by atoms with Crippen LogP contribution in [-0.2, 0) is 0 Å². The van der Waals surface area contributed by atoms with Gasteiger partial charge in [-0.15, -0.1) is 0 Å². The molecule has 0 N–H and O–H groups in total. The lowest BCUT2D eigenvalue weighted by atomic mass is 9.98. The largest absolute Gasteiger partial charge is 0.309 e. The number of para-hydroxylation sites is 5. The Balaban J connectivity index is 1.12. The molecule has 0 saturated carbocycles. The van der Waals surface area contributed by atoms with E-state index in [4.69, 9.17) is 15.0 Å². The molecular weight excluding hydrogens is 841 g/mol. The molecule has 6 nitrogen and oxygen atoms in total. The molecule has 0 aliphatic heterocycles. The number of benzene rings is 10. The van der Waals surface area contributed by atoms with E-state index in [0.29, 0.717) is 17.6 Å². The van der Waals surface area contributed by atoms with Gasteiger partial charge in [0.1, 0.15) is 0 Å². The molecule has 0 aliphatic carbocycles. The Morgan fingerprint density at radius 1 is 0.246 bits per heavy atom. The highest BCUT2D eigenvalue weighted by Gasteiger charge is 2.25. The summed E-state index contributed by atoms with van der Waals surface area (Å²) in [5.41, 5.74) is 14.9. The van der Waals surface area contributed by atoms with E-state index in [1.807, 2.05) is 18.2 Å². The quantitative estimate of drug-likeness (QED) is 0.160. The van der Waals surface area contributed by atoms with Gasteiger partial charge in [0.2, 0.25) is 5.95 Å². The zero-order valence-electron chi connectivity index (χ0n) is 37.3. The van der Waals surface area contributed by atoms with Gasteiger partial charge in [-0.05, 0) is 76.9 Å². The summed E-state index contributed by atoms with van der Waals surface area (Å²) in [5.74, 6) is 1.72. The summed E-state index contributed by atoms with van der Waals surface area (Å²) in [6.45, 7) is 0. The van der Waals surface area contributed by atoms with Crippen molar-refractivity contribution in [3.63, 3.8) is 0 Å². The van der Waals surface area contributed by atoms with E-state index < -0.39 is 0 Å². The lowest BCUT2D eigenvalue weighted by Gasteiger charge is -2.16. The Kier molecular flexibility index (Phi) is 8.79. The van der Waals surface area contributed by atoms with Gasteiger partial charge in [-0.2, -0.15) is 9.97 Å². The van der Waals surface area contributed by atoms with Gasteiger partial charge in [-0.25, -0.2) is 4.98 Å². The van der Waals surface area contributed by atoms with Gasteiger partial charge in [0.25, 0.3) is 0 Å². The minimum atomic E-state index is 0.539. The van der Waals surface area contributed by atoms with Crippen LogP contribution in [-0.4, -0.2) is 28.7 Å². The van der Waals surface area contributed by atoms with Gasteiger partial charge in [-0.3, -0.25) is 4.57 Å². The molecule has 0 spiro atoms. The minimum Gasteiger partial charge on any atom is -0.309 e. The van der Waals surface area contributed by atoms with E-state index in [2.05, 4.69) is 238 Å². The molecule has 0 fully saturated rings. The van der Waals surface area contributed by atoms with Crippen molar-refractivity contribution in [3.05, 3.63) is 243 Å². The Hall–Kier alpha value is -9.39. The van der Waals surface area contributed by atoms with Crippen LogP contribution in [0.1, 0.15) is 0 Å². The molecule has 0 amide bonds. The predicted octanol–water partition coefficient (Wildman–Crippen LogP) is 15.8. The molecule has 0 unspecified atom stereocenters. The van der Waals surface area contributed by atoms with E-state index in [-0.39, 0.29) is 0 Å². The Bertz CT molecular complexity index is 4230. The first-order valence-corrected chi connectivity index (χ1v) is 23.4. The van der Waals surface area contributed by atoms with Crippen molar-refractivity contribution in [2.24, 2.45) is 0 Å². The van der Waals surface area contributed by atoms with Crippen molar-refractivity contribution in [1.29, 1.82) is 0 Å². The highest BCUT2D eigenvalue weighted by atomic mass is 15.2. The van der Waals surface area contributed by atoms with Gasteiger partial charge >= 0.3 is 0 Å². The maximum absolute atomic E-state index is 5.62. The fourth-order valence-corrected chi connectivity index (χ4v) is 10.7. The summed E-state index contributed by atoms with van der Waals surface area (Å²) < 4.78 is 7.09. The summed E-state index contributed by atoms with van der Waals surface area (Å²) in [4.78, 5) is 16.5. The van der Waals surface area contributed by atoms with E-state index in [1.54, 1.807) is 0 Å². The first-order chi connectivity index (χ1) is 34.2. The van der Waals surface area contributed by atoms with Crippen LogP contribution in [0.15, 0.2) is 243 Å². The average molecular weight is 881 g/mol. The van der Waals surface area contributed by atoms with Gasteiger partial charge in [0, 0.05) is 54.8 Å². The third-order valence-electron chi connectivity index (χ3n) is 13.7. The number of hydrogen-bond acceptors (Lipinski definition) is 3. The van der Waals surface area contributed by atoms with E-state index in [9.17, 15) is 0 Å². The normalized spacial score (nSPS) is 11.8. The molecule has 14 rings (SSSR count). The summed E-state index contributed by atoms with van der Waals surface area (Å²) in [6.07, 6.45) is 0. The fourth-order valence-electron chi connectivity index (χ4n) is 10.7. The zero-order chi connectivity index (χ0) is 45.4. The van der Waals surface area contributed by atoms with Gasteiger partial charge < -0.3 is 9.13 Å². The van der Waals surface area contributed by atoms with Crippen LogP contribution in [0.3, 0.4) is 0 Å². The fraction of sp³-hybridized carbons (Fsp3) is 0. The van der Waals surface area contributed by atoms with Crippen molar-refractivity contribution in [2.45, 2.75) is 0 Å². The standard InChI is InChI=1S/C63H40N6/c1-5-20-41(21-6-1)44-38-45(42-22-7-2-8-23-42)40-47(39-44)68-56-34-17-14-29-49(56)52-36-37-53-50-30-15-18-35-57(50)69(60(53)59(52)68)63-65-61(43-24-9-3-10-25-43)64-62(66-63)54-32-19-31-51-48-28-13-16-33-55(48)67(58(51)54)46-26-11-4-12-27-46/h1-40H. The monoisotopic (exact) mass is 880 g/mol. The van der Waals surface area contributed by atoms with Crippen LogP contribution in [0.2, 0.25) is 0 Å². The molecule has 6 heteroatoms. The predicted molar refractivity (Wildman–Crippen MR) is 285 cm³/mol. The maximum atomic E-state index is 5.62. The van der Waals surface area contributed by atoms with Gasteiger partial charge in [0.15, 0.2) is 11.6 Å². The number of aromatic nitrogens is 6. The molecule has 10 aromatic carbocycles. The molecular formula is C63H40N6. The Morgan fingerprint density at radius 2 is 0.667 bits per heavy atom. The van der Waals surface area contributed by atoms with Crippen LogP contribution >= 0.6 is 0 Å². The molecule has 0 bridgehead atoms. The molecule has 0 atom stereocenters. The molecule has 0 radical (unpaired) electrons. The zero-order valence-corrected chi connectivity index (χ0v) is 37.3. The topological polar surface area (TPSA) is 53.5 Å².